The molecule has 0 bridgehead atoms. The highest BCUT2D eigenvalue weighted by Crippen LogP contribution is 2.31. The van der Waals surface area contributed by atoms with Gasteiger partial charge in [-0.1, -0.05) is 12.8 Å². The van der Waals surface area contributed by atoms with E-state index in [9.17, 15) is 9.59 Å². The number of carbonyl (C=O) groups excluding carboxylic acids is 2. The first kappa shape index (κ1) is 15.8. The van der Waals surface area contributed by atoms with Gasteiger partial charge in [-0.25, -0.2) is 4.79 Å². The van der Waals surface area contributed by atoms with Crippen molar-refractivity contribution in [2.45, 2.75) is 51.0 Å². The van der Waals surface area contributed by atoms with Crippen molar-refractivity contribution in [1.82, 2.24) is 15.6 Å². The number of pyridine rings is 1. The van der Waals surface area contributed by atoms with Gasteiger partial charge in [0.1, 0.15) is 5.54 Å². The largest absolute Gasteiger partial charge is 0.354 e. The van der Waals surface area contributed by atoms with Crippen LogP contribution in [0.2, 0.25) is 0 Å². The average molecular weight is 316 g/mol. The summed E-state index contributed by atoms with van der Waals surface area (Å²) < 4.78 is 0. The molecule has 0 atom stereocenters. The molecule has 2 saturated carbocycles. The van der Waals surface area contributed by atoms with Crippen molar-refractivity contribution in [2.24, 2.45) is 5.92 Å². The SMILES string of the molecule is Cc1ncccc1NC(=O)NC1(C(=O)NCC2CC2)CCCC1. The lowest BCUT2D eigenvalue weighted by molar-refractivity contribution is -0.127. The highest BCUT2D eigenvalue weighted by Gasteiger charge is 2.42. The second-order valence-corrected chi connectivity index (χ2v) is 6.66. The Labute approximate surface area is 136 Å². The van der Waals surface area contributed by atoms with Crippen LogP contribution in [0.4, 0.5) is 10.5 Å². The molecule has 3 amide bonds. The Morgan fingerprint density at radius 3 is 2.70 bits per heavy atom. The van der Waals surface area contributed by atoms with Gasteiger partial charge in [-0.2, -0.15) is 0 Å². The van der Waals surface area contributed by atoms with E-state index >= 15 is 0 Å². The molecule has 0 unspecified atom stereocenters. The predicted octanol–water partition coefficient (Wildman–Crippen LogP) is 2.35. The number of aryl methyl sites for hydroxylation is 1. The van der Waals surface area contributed by atoms with Gasteiger partial charge in [0, 0.05) is 12.7 Å². The maximum atomic E-state index is 12.6. The minimum atomic E-state index is -0.769. The number of hydrogen-bond donors (Lipinski definition) is 3. The fourth-order valence-corrected chi connectivity index (χ4v) is 3.10. The van der Waals surface area contributed by atoms with Crippen LogP contribution >= 0.6 is 0 Å². The number of nitrogens with zero attached hydrogens (tertiary/aromatic N) is 1. The van der Waals surface area contributed by atoms with Gasteiger partial charge in [0.25, 0.3) is 0 Å². The molecule has 2 fully saturated rings. The van der Waals surface area contributed by atoms with E-state index < -0.39 is 5.54 Å². The molecule has 1 heterocycles. The quantitative estimate of drug-likeness (QED) is 0.780. The smallest absolute Gasteiger partial charge is 0.320 e. The molecule has 3 N–H and O–H groups in total. The number of hydrogen-bond acceptors (Lipinski definition) is 3. The van der Waals surface area contributed by atoms with E-state index in [-0.39, 0.29) is 11.9 Å². The fraction of sp³-hybridized carbons (Fsp3) is 0.588. The summed E-state index contributed by atoms with van der Waals surface area (Å²) in [6, 6.07) is 3.23. The van der Waals surface area contributed by atoms with Gasteiger partial charge in [-0.05, 0) is 50.7 Å². The van der Waals surface area contributed by atoms with E-state index in [0.29, 0.717) is 24.4 Å². The lowest BCUT2D eigenvalue weighted by Crippen LogP contribution is -2.58. The molecule has 23 heavy (non-hydrogen) atoms. The van der Waals surface area contributed by atoms with Crippen LogP contribution in [-0.2, 0) is 4.79 Å². The third kappa shape index (κ3) is 3.81. The number of nitrogens with one attached hydrogen (secondary N) is 3. The zero-order chi connectivity index (χ0) is 16.3. The molecule has 124 valence electrons. The average Bonchev–Trinajstić information content (AvgIpc) is 3.25. The zero-order valence-corrected chi connectivity index (χ0v) is 13.5. The van der Waals surface area contributed by atoms with Crippen molar-refractivity contribution < 1.29 is 9.59 Å². The van der Waals surface area contributed by atoms with Crippen molar-refractivity contribution in [1.29, 1.82) is 0 Å². The van der Waals surface area contributed by atoms with E-state index in [0.717, 1.165) is 25.1 Å². The van der Waals surface area contributed by atoms with Crippen LogP contribution in [0.15, 0.2) is 18.3 Å². The minimum Gasteiger partial charge on any atom is -0.354 e. The zero-order valence-electron chi connectivity index (χ0n) is 13.5. The number of carbonyl (C=O) groups is 2. The molecule has 0 saturated heterocycles. The van der Waals surface area contributed by atoms with Crippen molar-refractivity contribution >= 4 is 17.6 Å². The van der Waals surface area contributed by atoms with Gasteiger partial charge in [0.05, 0.1) is 11.4 Å². The Kier molecular flexibility index (Phi) is 4.50. The van der Waals surface area contributed by atoms with Gasteiger partial charge in [0.15, 0.2) is 0 Å². The minimum absolute atomic E-state index is 0.0417. The second-order valence-electron chi connectivity index (χ2n) is 6.66. The topological polar surface area (TPSA) is 83.1 Å². The van der Waals surface area contributed by atoms with Gasteiger partial charge in [0.2, 0.25) is 5.91 Å². The maximum Gasteiger partial charge on any atom is 0.320 e. The van der Waals surface area contributed by atoms with Gasteiger partial charge in [-0.3, -0.25) is 9.78 Å². The summed E-state index contributed by atoms with van der Waals surface area (Å²) in [6.45, 7) is 2.56. The van der Waals surface area contributed by atoms with Crippen molar-refractivity contribution in [3.8, 4) is 0 Å². The van der Waals surface area contributed by atoms with Crippen LogP contribution in [0.5, 0.6) is 0 Å². The van der Waals surface area contributed by atoms with Crippen LogP contribution in [0.1, 0.15) is 44.2 Å². The van der Waals surface area contributed by atoms with Gasteiger partial charge in [-0.15, -0.1) is 0 Å². The standard InChI is InChI=1S/C17H24N4O2/c1-12-14(5-4-10-18-12)20-16(23)21-17(8-2-3-9-17)15(22)19-11-13-6-7-13/h4-5,10,13H,2-3,6-9,11H2,1H3,(H,19,22)(H2,20,21,23). The lowest BCUT2D eigenvalue weighted by atomic mass is 9.96. The van der Waals surface area contributed by atoms with Gasteiger partial charge < -0.3 is 16.0 Å². The third-order valence-electron chi connectivity index (χ3n) is 4.75. The number of amides is 3. The highest BCUT2D eigenvalue weighted by atomic mass is 16.2. The molecule has 6 heteroatoms. The summed E-state index contributed by atoms with van der Waals surface area (Å²) in [4.78, 5) is 29.1. The summed E-state index contributed by atoms with van der Waals surface area (Å²) in [5.41, 5.74) is 0.646. The molecule has 0 aromatic carbocycles. The number of urea groups is 1. The fourth-order valence-electron chi connectivity index (χ4n) is 3.10. The van der Waals surface area contributed by atoms with Crippen molar-refractivity contribution in [3.63, 3.8) is 0 Å². The highest BCUT2D eigenvalue weighted by molar-refractivity contribution is 5.96. The number of aromatic nitrogens is 1. The monoisotopic (exact) mass is 316 g/mol. The predicted molar refractivity (Wildman–Crippen MR) is 88.1 cm³/mol. The Bertz CT molecular complexity index is 592. The molecule has 1 aromatic rings. The number of rotatable bonds is 5. The van der Waals surface area contributed by atoms with Crippen LogP contribution in [0.3, 0.4) is 0 Å². The Hall–Kier alpha value is -2.11. The Morgan fingerprint density at radius 1 is 1.30 bits per heavy atom. The van der Waals surface area contributed by atoms with Crippen molar-refractivity contribution in [3.05, 3.63) is 24.0 Å². The molecule has 6 nitrogen and oxygen atoms in total. The molecule has 2 aliphatic rings. The van der Waals surface area contributed by atoms with E-state index in [2.05, 4.69) is 20.9 Å². The van der Waals surface area contributed by atoms with E-state index in [1.165, 1.54) is 12.8 Å². The molecular weight excluding hydrogens is 292 g/mol. The first-order valence-corrected chi connectivity index (χ1v) is 8.38. The molecule has 0 aliphatic heterocycles. The van der Waals surface area contributed by atoms with E-state index in [4.69, 9.17) is 0 Å². The molecule has 0 radical (unpaired) electrons. The Balaban J connectivity index is 1.62. The third-order valence-corrected chi connectivity index (χ3v) is 4.75. The first-order chi connectivity index (χ1) is 11.1. The van der Waals surface area contributed by atoms with E-state index in [1.54, 1.807) is 18.3 Å². The molecular formula is C17H24N4O2. The first-order valence-electron chi connectivity index (χ1n) is 8.38. The summed E-state index contributed by atoms with van der Waals surface area (Å²) in [6.07, 6.45) is 7.39. The summed E-state index contributed by atoms with van der Waals surface area (Å²) in [5, 5.41) is 8.74. The summed E-state index contributed by atoms with van der Waals surface area (Å²) >= 11 is 0. The Morgan fingerprint density at radius 2 is 2.04 bits per heavy atom. The molecule has 1 aromatic heterocycles. The maximum absolute atomic E-state index is 12.6. The summed E-state index contributed by atoms with van der Waals surface area (Å²) in [7, 11) is 0. The normalized spacial score (nSPS) is 19.2. The lowest BCUT2D eigenvalue weighted by Gasteiger charge is -2.29. The van der Waals surface area contributed by atoms with Crippen LogP contribution in [-0.4, -0.2) is 29.0 Å². The summed E-state index contributed by atoms with van der Waals surface area (Å²) in [5.74, 6) is 0.587. The van der Waals surface area contributed by atoms with Crippen LogP contribution < -0.4 is 16.0 Å². The van der Waals surface area contributed by atoms with E-state index in [1.807, 2.05) is 6.92 Å². The second kappa shape index (κ2) is 6.56. The van der Waals surface area contributed by atoms with Crippen LogP contribution in [0.25, 0.3) is 0 Å². The van der Waals surface area contributed by atoms with Crippen molar-refractivity contribution in [2.75, 3.05) is 11.9 Å². The molecule has 3 rings (SSSR count). The molecule has 2 aliphatic carbocycles. The van der Waals surface area contributed by atoms with Gasteiger partial charge >= 0.3 is 6.03 Å². The van der Waals surface area contributed by atoms with Crippen LogP contribution in [0, 0.1) is 12.8 Å². The number of anilines is 1. The molecule has 0 spiro atoms.